The summed E-state index contributed by atoms with van der Waals surface area (Å²) in [5, 5.41) is 2.95. The highest BCUT2D eigenvalue weighted by atomic mass is 19.1. The molecular weight excluding hydrogens is 238 g/mol. The molecular formula is C13H18F2N2O. The van der Waals surface area contributed by atoms with Gasteiger partial charge >= 0.3 is 0 Å². The highest BCUT2D eigenvalue weighted by Crippen LogP contribution is 2.12. The number of carbonyl (C=O) groups is 1. The van der Waals surface area contributed by atoms with Crippen molar-refractivity contribution in [1.82, 2.24) is 10.2 Å². The van der Waals surface area contributed by atoms with Crippen LogP contribution >= 0.6 is 0 Å². The Morgan fingerprint density at radius 3 is 2.78 bits per heavy atom. The maximum absolute atomic E-state index is 13.4. The minimum Gasteiger partial charge on any atom is -0.341 e. The summed E-state index contributed by atoms with van der Waals surface area (Å²) in [6, 6.07) is 3.25. The highest BCUT2D eigenvalue weighted by Gasteiger charge is 2.12. The second-order valence-corrected chi connectivity index (χ2v) is 4.19. The molecule has 0 saturated carbocycles. The number of hydrogen-bond donors (Lipinski definition) is 1. The van der Waals surface area contributed by atoms with Gasteiger partial charge in [0.1, 0.15) is 11.6 Å². The van der Waals surface area contributed by atoms with E-state index in [0.29, 0.717) is 6.42 Å². The van der Waals surface area contributed by atoms with Crippen molar-refractivity contribution in [2.45, 2.75) is 19.4 Å². The van der Waals surface area contributed by atoms with E-state index in [2.05, 4.69) is 5.32 Å². The van der Waals surface area contributed by atoms with Gasteiger partial charge in [-0.15, -0.1) is 0 Å². The number of hydrogen-bond acceptors (Lipinski definition) is 2. The third-order valence-electron chi connectivity index (χ3n) is 2.66. The van der Waals surface area contributed by atoms with Gasteiger partial charge in [-0.25, -0.2) is 8.78 Å². The summed E-state index contributed by atoms with van der Waals surface area (Å²) in [5.41, 5.74) is 0.194. The largest absolute Gasteiger partial charge is 0.341 e. The number of carbonyl (C=O) groups excluding carboxylic acids is 1. The van der Waals surface area contributed by atoms with Crippen molar-refractivity contribution in [1.29, 1.82) is 0 Å². The molecule has 1 aromatic rings. The maximum atomic E-state index is 13.4. The van der Waals surface area contributed by atoms with E-state index in [4.69, 9.17) is 0 Å². The Balaban J connectivity index is 2.55. The van der Waals surface area contributed by atoms with E-state index in [1.54, 1.807) is 7.05 Å². The van der Waals surface area contributed by atoms with Crippen LogP contribution < -0.4 is 5.32 Å². The van der Waals surface area contributed by atoms with Crippen molar-refractivity contribution >= 4 is 5.91 Å². The first-order valence-electron chi connectivity index (χ1n) is 5.87. The molecule has 18 heavy (non-hydrogen) atoms. The van der Waals surface area contributed by atoms with Crippen LogP contribution in [-0.2, 0) is 11.3 Å². The molecule has 0 fully saturated rings. The van der Waals surface area contributed by atoms with Gasteiger partial charge in [-0.1, -0.05) is 0 Å². The zero-order chi connectivity index (χ0) is 13.5. The van der Waals surface area contributed by atoms with Gasteiger partial charge in [-0.05, 0) is 38.2 Å². The summed E-state index contributed by atoms with van der Waals surface area (Å²) >= 11 is 0. The molecule has 1 rings (SSSR count). The molecule has 0 atom stereocenters. The van der Waals surface area contributed by atoms with Gasteiger partial charge in [0.2, 0.25) is 5.91 Å². The van der Waals surface area contributed by atoms with Gasteiger partial charge in [-0.3, -0.25) is 4.79 Å². The molecule has 1 amide bonds. The second kappa shape index (κ2) is 7.06. The zero-order valence-electron chi connectivity index (χ0n) is 10.7. The van der Waals surface area contributed by atoms with Crippen LogP contribution in [-0.4, -0.2) is 31.4 Å². The normalized spacial score (nSPS) is 10.4. The standard InChI is InChI=1S/C13H18F2N2O/c1-16-7-3-4-13(18)17(2)9-10-8-11(14)5-6-12(10)15/h5-6,8,16H,3-4,7,9H2,1-2H3. The van der Waals surface area contributed by atoms with Crippen LogP contribution in [0.4, 0.5) is 8.78 Å². The van der Waals surface area contributed by atoms with E-state index in [1.165, 1.54) is 4.90 Å². The number of rotatable bonds is 6. The van der Waals surface area contributed by atoms with E-state index in [9.17, 15) is 13.6 Å². The molecule has 0 heterocycles. The summed E-state index contributed by atoms with van der Waals surface area (Å²) < 4.78 is 26.4. The smallest absolute Gasteiger partial charge is 0.222 e. The lowest BCUT2D eigenvalue weighted by atomic mass is 10.2. The van der Waals surface area contributed by atoms with Gasteiger partial charge in [0, 0.05) is 25.6 Å². The Morgan fingerprint density at radius 1 is 1.39 bits per heavy atom. The fraction of sp³-hybridized carbons (Fsp3) is 0.462. The first-order chi connectivity index (χ1) is 8.54. The molecule has 1 aromatic carbocycles. The van der Waals surface area contributed by atoms with E-state index in [1.807, 2.05) is 7.05 Å². The van der Waals surface area contributed by atoms with Gasteiger partial charge in [0.25, 0.3) is 0 Å². The Labute approximate surface area is 106 Å². The van der Waals surface area contributed by atoms with Crippen LogP contribution in [0, 0.1) is 11.6 Å². The lowest BCUT2D eigenvalue weighted by molar-refractivity contribution is -0.130. The van der Waals surface area contributed by atoms with Crippen molar-refractivity contribution in [2.24, 2.45) is 0 Å². The number of nitrogens with zero attached hydrogens (tertiary/aromatic N) is 1. The third-order valence-corrected chi connectivity index (χ3v) is 2.66. The molecule has 0 radical (unpaired) electrons. The SMILES string of the molecule is CNCCCC(=O)N(C)Cc1cc(F)ccc1F. The number of nitrogens with one attached hydrogen (secondary N) is 1. The molecule has 1 N–H and O–H groups in total. The fourth-order valence-electron chi connectivity index (χ4n) is 1.62. The summed E-state index contributed by atoms with van der Waals surface area (Å²) in [5.74, 6) is -1.07. The van der Waals surface area contributed by atoms with Crippen LogP contribution in [0.2, 0.25) is 0 Å². The molecule has 0 aliphatic rings. The molecule has 3 nitrogen and oxygen atoms in total. The third kappa shape index (κ3) is 4.41. The summed E-state index contributed by atoms with van der Waals surface area (Å²) in [6.45, 7) is 0.843. The van der Waals surface area contributed by atoms with E-state index in [-0.39, 0.29) is 18.0 Å². The van der Waals surface area contributed by atoms with Gasteiger partial charge in [0.15, 0.2) is 0 Å². The lowest BCUT2D eigenvalue weighted by Gasteiger charge is -2.17. The minimum atomic E-state index is -0.498. The lowest BCUT2D eigenvalue weighted by Crippen LogP contribution is -2.27. The molecule has 100 valence electrons. The van der Waals surface area contributed by atoms with Gasteiger partial charge in [-0.2, -0.15) is 0 Å². The summed E-state index contributed by atoms with van der Waals surface area (Å²) in [6.07, 6.45) is 1.12. The summed E-state index contributed by atoms with van der Waals surface area (Å²) in [4.78, 5) is 13.1. The van der Waals surface area contributed by atoms with Crippen molar-refractivity contribution in [3.63, 3.8) is 0 Å². The molecule has 5 heteroatoms. The van der Waals surface area contributed by atoms with Crippen LogP contribution in [0.3, 0.4) is 0 Å². The summed E-state index contributed by atoms with van der Waals surface area (Å²) in [7, 11) is 3.41. The van der Waals surface area contributed by atoms with E-state index < -0.39 is 11.6 Å². The number of benzene rings is 1. The topological polar surface area (TPSA) is 32.3 Å². The van der Waals surface area contributed by atoms with Crippen LogP contribution in [0.15, 0.2) is 18.2 Å². The Hall–Kier alpha value is -1.49. The zero-order valence-corrected chi connectivity index (χ0v) is 10.7. The van der Waals surface area contributed by atoms with Crippen molar-refractivity contribution < 1.29 is 13.6 Å². The molecule has 0 spiro atoms. The minimum absolute atomic E-state index is 0.0751. The van der Waals surface area contributed by atoms with Crippen molar-refractivity contribution in [3.05, 3.63) is 35.4 Å². The second-order valence-electron chi connectivity index (χ2n) is 4.19. The average molecular weight is 256 g/mol. The first kappa shape index (κ1) is 14.6. The first-order valence-corrected chi connectivity index (χ1v) is 5.87. The Bertz CT molecular complexity index is 410. The van der Waals surface area contributed by atoms with Gasteiger partial charge < -0.3 is 10.2 Å². The molecule has 0 bridgehead atoms. The monoisotopic (exact) mass is 256 g/mol. The van der Waals surface area contributed by atoms with Crippen LogP contribution in [0.5, 0.6) is 0 Å². The Kier molecular flexibility index (Phi) is 5.71. The predicted octanol–water partition coefficient (Wildman–Crippen LogP) is 1.92. The van der Waals surface area contributed by atoms with Crippen molar-refractivity contribution in [3.8, 4) is 0 Å². The molecule has 0 aliphatic carbocycles. The molecule has 0 aromatic heterocycles. The Morgan fingerprint density at radius 2 is 2.11 bits per heavy atom. The predicted molar refractivity (Wildman–Crippen MR) is 66.0 cm³/mol. The molecule has 0 unspecified atom stereocenters. The highest BCUT2D eigenvalue weighted by molar-refractivity contribution is 5.75. The quantitative estimate of drug-likeness (QED) is 0.789. The van der Waals surface area contributed by atoms with Crippen LogP contribution in [0.1, 0.15) is 18.4 Å². The number of halogens is 2. The van der Waals surface area contributed by atoms with E-state index in [0.717, 1.165) is 31.2 Å². The molecule has 0 saturated heterocycles. The van der Waals surface area contributed by atoms with E-state index >= 15 is 0 Å². The van der Waals surface area contributed by atoms with Gasteiger partial charge in [0.05, 0.1) is 0 Å². The number of amides is 1. The molecule has 0 aliphatic heterocycles. The maximum Gasteiger partial charge on any atom is 0.222 e. The van der Waals surface area contributed by atoms with Crippen molar-refractivity contribution in [2.75, 3.05) is 20.6 Å². The van der Waals surface area contributed by atoms with Crippen LogP contribution in [0.25, 0.3) is 0 Å². The fourth-order valence-corrected chi connectivity index (χ4v) is 1.62. The average Bonchev–Trinajstić information content (AvgIpc) is 2.34.